The van der Waals surface area contributed by atoms with E-state index in [1.54, 1.807) is 30.3 Å². The average molecular weight is 237 g/mol. The molecule has 0 saturated heterocycles. The lowest BCUT2D eigenvalue weighted by atomic mass is 10.2. The van der Waals surface area contributed by atoms with Crippen molar-refractivity contribution in [1.82, 2.24) is 0 Å². The van der Waals surface area contributed by atoms with Gasteiger partial charge < -0.3 is 15.6 Å². The van der Waals surface area contributed by atoms with Crippen LogP contribution in [0, 0.1) is 0 Å². The Morgan fingerprint density at radius 1 is 1.29 bits per heavy atom. The first-order valence-electron chi connectivity index (χ1n) is 5.31. The van der Waals surface area contributed by atoms with E-state index in [9.17, 15) is 14.7 Å². The van der Waals surface area contributed by atoms with Crippen molar-refractivity contribution in [3.63, 3.8) is 0 Å². The Morgan fingerprint density at radius 2 is 1.94 bits per heavy atom. The molecule has 0 saturated carbocycles. The molecule has 1 rings (SSSR count). The Labute approximate surface area is 99.2 Å². The van der Waals surface area contributed by atoms with Gasteiger partial charge in [-0.2, -0.15) is 0 Å². The van der Waals surface area contributed by atoms with Gasteiger partial charge in [-0.15, -0.1) is 0 Å². The van der Waals surface area contributed by atoms with Crippen molar-refractivity contribution in [2.75, 3.05) is 6.54 Å². The third-order valence-electron chi connectivity index (χ3n) is 2.12. The molecule has 3 N–H and O–H groups in total. The summed E-state index contributed by atoms with van der Waals surface area (Å²) in [5.41, 5.74) is 5.52. The molecular weight excluding hydrogens is 222 g/mol. The molecule has 0 aliphatic rings. The zero-order valence-corrected chi connectivity index (χ0v) is 9.33. The van der Waals surface area contributed by atoms with Crippen LogP contribution in [0.4, 0.5) is 0 Å². The fourth-order valence-electron chi connectivity index (χ4n) is 1.27. The van der Waals surface area contributed by atoms with Gasteiger partial charge in [0.1, 0.15) is 0 Å². The van der Waals surface area contributed by atoms with Crippen LogP contribution in [-0.4, -0.2) is 29.7 Å². The van der Waals surface area contributed by atoms with Crippen LogP contribution in [0.2, 0.25) is 0 Å². The van der Waals surface area contributed by atoms with Crippen molar-refractivity contribution in [2.24, 2.45) is 5.73 Å². The largest absolute Gasteiger partial charge is 0.392 e. The summed E-state index contributed by atoms with van der Waals surface area (Å²) in [4.78, 5) is 22.7. The summed E-state index contributed by atoms with van der Waals surface area (Å²) in [5.74, 6) is -1.46. The second-order valence-corrected chi connectivity index (χ2v) is 3.56. The summed E-state index contributed by atoms with van der Waals surface area (Å²) in [5, 5.41) is 9.31. The van der Waals surface area contributed by atoms with Crippen LogP contribution in [-0.2, 0) is 9.53 Å². The van der Waals surface area contributed by atoms with Crippen LogP contribution in [0.15, 0.2) is 30.3 Å². The molecule has 5 heteroatoms. The highest BCUT2D eigenvalue weighted by Gasteiger charge is 2.16. The van der Waals surface area contributed by atoms with Crippen LogP contribution in [0.5, 0.6) is 0 Å². The number of esters is 2. The van der Waals surface area contributed by atoms with Gasteiger partial charge >= 0.3 is 11.9 Å². The summed E-state index contributed by atoms with van der Waals surface area (Å²) in [7, 11) is 0. The zero-order valence-electron chi connectivity index (χ0n) is 9.33. The lowest BCUT2D eigenvalue weighted by Crippen LogP contribution is -2.21. The van der Waals surface area contributed by atoms with E-state index in [0.29, 0.717) is 12.0 Å². The fourth-order valence-corrected chi connectivity index (χ4v) is 1.27. The van der Waals surface area contributed by atoms with Crippen molar-refractivity contribution in [3.05, 3.63) is 35.9 Å². The third-order valence-corrected chi connectivity index (χ3v) is 2.12. The maximum atomic E-state index is 11.4. The smallest absolute Gasteiger partial charge is 0.345 e. The van der Waals surface area contributed by atoms with E-state index >= 15 is 0 Å². The SMILES string of the molecule is NCCC(O)CC(=O)OC(=O)c1ccccc1. The topological polar surface area (TPSA) is 89.6 Å². The summed E-state index contributed by atoms with van der Waals surface area (Å²) in [6.45, 7) is 0.279. The number of hydrogen-bond acceptors (Lipinski definition) is 5. The van der Waals surface area contributed by atoms with E-state index in [0.717, 1.165) is 0 Å². The predicted octanol–water partition coefficient (Wildman–Crippen LogP) is 0.470. The number of ether oxygens (including phenoxy) is 1. The third kappa shape index (κ3) is 4.76. The summed E-state index contributed by atoms with van der Waals surface area (Å²) >= 11 is 0. The number of carbonyl (C=O) groups is 2. The molecule has 0 spiro atoms. The quantitative estimate of drug-likeness (QED) is 0.574. The Kier molecular flexibility index (Phi) is 5.32. The van der Waals surface area contributed by atoms with Gasteiger partial charge in [-0.25, -0.2) is 4.79 Å². The first-order chi connectivity index (χ1) is 8.13. The minimum absolute atomic E-state index is 0.226. The van der Waals surface area contributed by atoms with Gasteiger partial charge in [-0.1, -0.05) is 18.2 Å². The van der Waals surface area contributed by atoms with E-state index in [-0.39, 0.29) is 13.0 Å². The molecule has 1 aromatic rings. The average Bonchev–Trinajstić information content (AvgIpc) is 2.30. The lowest BCUT2D eigenvalue weighted by molar-refractivity contribution is -0.140. The maximum Gasteiger partial charge on any atom is 0.345 e. The van der Waals surface area contributed by atoms with Crippen molar-refractivity contribution in [3.8, 4) is 0 Å². The standard InChI is InChI=1S/C12H15NO4/c13-7-6-10(14)8-11(15)17-12(16)9-4-2-1-3-5-9/h1-5,10,14H,6-8,13H2. The molecule has 0 amide bonds. The minimum atomic E-state index is -0.865. The first-order valence-corrected chi connectivity index (χ1v) is 5.31. The number of carbonyl (C=O) groups excluding carboxylic acids is 2. The van der Waals surface area contributed by atoms with Crippen LogP contribution in [0.3, 0.4) is 0 Å². The zero-order chi connectivity index (χ0) is 12.7. The molecule has 92 valence electrons. The van der Waals surface area contributed by atoms with Gasteiger partial charge in [-0.05, 0) is 25.1 Å². The van der Waals surface area contributed by atoms with Crippen molar-refractivity contribution in [1.29, 1.82) is 0 Å². The Morgan fingerprint density at radius 3 is 2.53 bits per heavy atom. The molecule has 0 fully saturated rings. The molecule has 17 heavy (non-hydrogen) atoms. The summed E-state index contributed by atoms with van der Waals surface area (Å²) in [6, 6.07) is 8.19. The number of benzene rings is 1. The highest BCUT2D eigenvalue weighted by Crippen LogP contribution is 2.04. The number of aliphatic hydroxyl groups is 1. The van der Waals surface area contributed by atoms with E-state index in [4.69, 9.17) is 5.73 Å². The molecule has 0 bridgehead atoms. The lowest BCUT2D eigenvalue weighted by Gasteiger charge is -2.07. The molecule has 0 aliphatic carbocycles. The van der Waals surface area contributed by atoms with Crippen LogP contribution in [0.25, 0.3) is 0 Å². The van der Waals surface area contributed by atoms with Crippen LogP contribution in [0.1, 0.15) is 23.2 Å². The molecule has 0 heterocycles. The molecule has 5 nitrogen and oxygen atoms in total. The highest BCUT2D eigenvalue weighted by molar-refractivity contribution is 5.96. The Hall–Kier alpha value is -1.72. The monoisotopic (exact) mass is 237 g/mol. The molecule has 1 unspecified atom stereocenters. The number of nitrogens with two attached hydrogens (primary N) is 1. The van der Waals surface area contributed by atoms with Crippen molar-refractivity contribution in [2.45, 2.75) is 18.9 Å². The molecule has 0 aliphatic heterocycles. The second-order valence-electron chi connectivity index (χ2n) is 3.56. The molecule has 1 aromatic carbocycles. The first kappa shape index (κ1) is 13.3. The second kappa shape index (κ2) is 6.78. The summed E-state index contributed by atoms with van der Waals surface area (Å²) < 4.78 is 4.57. The van der Waals surface area contributed by atoms with Crippen LogP contribution >= 0.6 is 0 Å². The maximum absolute atomic E-state index is 11.4. The number of rotatable bonds is 5. The fraction of sp³-hybridized carbons (Fsp3) is 0.333. The Balaban J connectivity index is 2.44. The van der Waals surface area contributed by atoms with Gasteiger partial charge in [-0.3, -0.25) is 4.79 Å². The van der Waals surface area contributed by atoms with Gasteiger partial charge in [0.25, 0.3) is 0 Å². The normalized spacial score (nSPS) is 11.9. The van der Waals surface area contributed by atoms with Gasteiger partial charge in [0.05, 0.1) is 18.1 Å². The van der Waals surface area contributed by atoms with Gasteiger partial charge in [0.2, 0.25) is 0 Å². The van der Waals surface area contributed by atoms with Crippen LogP contribution < -0.4 is 5.73 Å². The van der Waals surface area contributed by atoms with Gasteiger partial charge in [0.15, 0.2) is 0 Å². The minimum Gasteiger partial charge on any atom is -0.392 e. The number of aliphatic hydroxyl groups excluding tert-OH is 1. The Bertz CT molecular complexity index is 377. The van der Waals surface area contributed by atoms with E-state index in [1.807, 2.05) is 0 Å². The molecular formula is C12H15NO4. The van der Waals surface area contributed by atoms with Crippen molar-refractivity contribution < 1.29 is 19.4 Å². The predicted molar refractivity (Wildman–Crippen MR) is 61.2 cm³/mol. The molecule has 1 atom stereocenters. The van der Waals surface area contributed by atoms with Crippen molar-refractivity contribution >= 4 is 11.9 Å². The molecule has 0 aromatic heterocycles. The number of hydrogen-bond donors (Lipinski definition) is 2. The van der Waals surface area contributed by atoms with Gasteiger partial charge in [0, 0.05) is 0 Å². The summed E-state index contributed by atoms with van der Waals surface area (Å²) in [6.07, 6.45) is -0.791. The van der Waals surface area contributed by atoms with E-state index in [2.05, 4.69) is 4.74 Å². The highest BCUT2D eigenvalue weighted by atomic mass is 16.6. The molecule has 0 radical (unpaired) electrons. The van der Waals surface area contributed by atoms with E-state index in [1.165, 1.54) is 0 Å². The van der Waals surface area contributed by atoms with E-state index < -0.39 is 18.0 Å².